The minimum atomic E-state index is -0.158. The first kappa shape index (κ1) is 19.3. The van der Waals surface area contributed by atoms with E-state index in [0.717, 1.165) is 5.56 Å². The number of aryl methyl sites for hydroxylation is 1. The lowest BCUT2D eigenvalue weighted by atomic mass is 10.0. The lowest BCUT2D eigenvalue weighted by Gasteiger charge is -2.09. The lowest BCUT2D eigenvalue weighted by molar-refractivity contribution is 0.103. The Morgan fingerprint density at radius 2 is 1.62 bits per heavy atom. The zero-order chi connectivity index (χ0) is 20.7. The Kier molecular flexibility index (Phi) is 4.94. The van der Waals surface area contributed by atoms with Crippen molar-refractivity contribution >= 4 is 40.8 Å². The summed E-state index contributed by atoms with van der Waals surface area (Å²) in [5, 5.41) is 0.589. The van der Waals surface area contributed by atoms with E-state index in [1.54, 1.807) is 55.1 Å². The molecule has 4 aromatic rings. The van der Waals surface area contributed by atoms with Crippen molar-refractivity contribution in [1.29, 1.82) is 0 Å². The van der Waals surface area contributed by atoms with E-state index in [0.29, 0.717) is 44.3 Å². The molecule has 8 heteroatoms. The van der Waals surface area contributed by atoms with E-state index in [1.807, 2.05) is 12.1 Å². The predicted octanol–water partition coefficient (Wildman–Crippen LogP) is 3.80. The van der Waals surface area contributed by atoms with Gasteiger partial charge in [0.1, 0.15) is 5.82 Å². The summed E-state index contributed by atoms with van der Waals surface area (Å²) in [6.07, 6.45) is 0.451. The third-order valence-corrected chi connectivity index (χ3v) is 5.54. The van der Waals surface area contributed by atoms with Crippen LogP contribution in [-0.4, -0.2) is 24.9 Å². The van der Waals surface area contributed by atoms with Gasteiger partial charge < -0.3 is 9.55 Å². The molecule has 146 valence electrons. The van der Waals surface area contributed by atoms with Gasteiger partial charge in [0.15, 0.2) is 21.7 Å². The molecule has 0 aliphatic heterocycles. The van der Waals surface area contributed by atoms with Crippen molar-refractivity contribution in [2.24, 2.45) is 14.1 Å². The molecule has 0 saturated heterocycles. The van der Waals surface area contributed by atoms with Gasteiger partial charge in [0.05, 0.1) is 0 Å². The van der Waals surface area contributed by atoms with Crippen LogP contribution in [0.1, 0.15) is 27.3 Å². The molecule has 0 spiro atoms. The number of nitrogens with zero attached hydrogens (tertiary/aromatic N) is 3. The van der Waals surface area contributed by atoms with Gasteiger partial charge in [0.2, 0.25) is 0 Å². The van der Waals surface area contributed by atoms with E-state index in [1.165, 1.54) is 4.57 Å². The highest BCUT2D eigenvalue weighted by Gasteiger charge is 2.14. The van der Waals surface area contributed by atoms with Crippen molar-refractivity contribution in [3.05, 3.63) is 91.2 Å². The van der Waals surface area contributed by atoms with Crippen molar-refractivity contribution in [2.45, 2.75) is 6.42 Å². The molecule has 0 aliphatic rings. The molecular weight excluding hydrogens is 408 g/mol. The fourth-order valence-electron chi connectivity index (χ4n) is 3.19. The molecule has 0 atom stereocenters. The van der Waals surface area contributed by atoms with Crippen LogP contribution in [0.2, 0.25) is 5.02 Å². The maximum Gasteiger partial charge on any atom is 0.279 e. The highest BCUT2D eigenvalue weighted by Crippen LogP contribution is 2.16. The molecule has 2 aromatic heterocycles. The summed E-state index contributed by atoms with van der Waals surface area (Å²) in [5.41, 5.74) is 2.87. The van der Waals surface area contributed by atoms with Crippen molar-refractivity contribution in [3.63, 3.8) is 0 Å². The number of fused-ring (bicyclic) bond motifs is 1. The molecule has 1 N–H and O–H groups in total. The molecule has 0 unspecified atom stereocenters. The molecule has 0 fully saturated rings. The van der Waals surface area contributed by atoms with Gasteiger partial charge in [-0.3, -0.25) is 14.2 Å². The van der Waals surface area contributed by atoms with Crippen LogP contribution in [0.25, 0.3) is 11.2 Å². The monoisotopic (exact) mass is 424 g/mol. The van der Waals surface area contributed by atoms with Crippen molar-refractivity contribution < 1.29 is 4.79 Å². The van der Waals surface area contributed by atoms with Gasteiger partial charge in [-0.05, 0) is 42.0 Å². The number of nitrogens with one attached hydrogen (secondary N) is 1. The first-order valence-corrected chi connectivity index (χ1v) is 9.67. The number of hydrogen-bond donors (Lipinski definition) is 1. The zero-order valence-electron chi connectivity index (χ0n) is 15.8. The quantitative estimate of drug-likeness (QED) is 0.399. The number of benzene rings is 2. The van der Waals surface area contributed by atoms with Crippen LogP contribution in [0, 0.1) is 4.77 Å². The maximum atomic E-state index is 12.7. The second-order valence-electron chi connectivity index (χ2n) is 6.79. The fourth-order valence-corrected chi connectivity index (χ4v) is 3.51. The number of rotatable bonds is 4. The molecule has 4 rings (SSSR count). The number of halogens is 1. The summed E-state index contributed by atoms with van der Waals surface area (Å²) in [6.45, 7) is 0. The van der Waals surface area contributed by atoms with Crippen LogP contribution in [0.15, 0.2) is 53.3 Å². The number of carbonyl (C=O) groups excluding carboxylic acids is 1. The molecule has 0 radical (unpaired) electrons. The summed E-state index contributed by atoms with van der Waals surface area (Å²) in [7, 11) is 3.43. The normalized spacial score (nSPS) is 11.1. The predicted molar refractivity (Wildman–Crippen MR) is 115 cm³/mol. The van der Waals surface area contributed by atoms with Crippen molar-refractivity contribution in [3.8, 4) is 0 Å². The third-order valence-electron chi connectivity index (χ3n) is 4.91. The molecule has 0 saturated carbocycles. The summed E-state index contributed by atoms with van der Waals surface area (Å²) < 4.78 is 3.60. The van der Waals surface area contributed by atoms with Gasteiger partial charge in [-0.2, -0.15) is 0 Å². The van der Waals surface area contributed by atoms with E-state index in [9.17, 15) is 9.59 Å². The molecule has 29 heavy (non-hydrogen) atoms. The van der Waals surface area contributed by atoms with Crippen LogP contribution >= 0.6 is 23.8 Å². The van der Waals surface area contributed by atoms with E-state index < -0.39 is 0 Å². The Hall–Kier alpha value is -3.03. The van der Waals surface area contributed by atoms with E-state index in [4.69, 9.17) is 23.8 Å². The largest absolute Gasteiger partial charge is 0.315 e. The zero-order valence-corrected chi connectivity index (χ0v) is 17.3. The van der Waals surface area contributed by atoms with Gasteiger partial charge in [-0.25, -0.2) is 4.98 Å². The highest BCUT2D eigenvalue weighted by atomic mass is 35.5. The summed E-state index contributed by atoms with van der Waals surface area (Å²) in [5.74, 6) is 0.535. The topological polar surface area (TPSA) is 72.7 Å². The average Bonchev–Trinajstić information content (AvgIpc) is 3.00. The summed E-state index contributed by atoms with van der Waals surface area (Å²) in [6, 6.07) is 14.1. The Bertz CT molecular complexity index is 1350. The molecule has 0 amide bonds. The van der Waals surface area contributed by atoms with Crippen LogP contribution in [-0.2, 0) is 20.5 Å². The molecule has 6 nitrogen and oxygen atoms in total. The lowest BCUT2D eigenvalue weighted by Crippen LogP contribution is -2.23. The van der Waals surface area contributed by atoms with E-state index in [2.05, 4.69) is 9.97 Å². The molecule has 0 bridgehead atoms. The number of aromatic amines is 1. The number of ketones is 1. The Morgan fingerprint density at radius 3 is 2.24 bits per heavy atom. The maximum absolute atomic E-state index is 12.7. The minimum Gasteiger partial charge on any atom is -0.315 e. The first-order valence-electron chi connectivity index (χ1n) is 8.89. The Labute approximate surface area is 176 Å². The van der Waals surface area contributed by atoms with E-state index >= 15 is 0 Å². The highest BCUT2D eigenvalue weighted by molar-refractivity contribution is 7.71. The number of carbonyl (C=O) groups is 1. The standard InChI is InChI=1S/C21H17ClN4O2S/c1-25-16(23-19-17(20(25)28)26(2)21(29)24-19)11-12-3-5-13(6-4-12)18(27)14-7-9-15(22)10-8-14/h3-10H,11H2,1-2H3,(H,24,29). The van der Waals surface area contributed by atoms with Crippen LogP contribution < -0.4 is 5.56 Å². The van der Waals surface area contributed by atoms with Gasteiger partial charge in [0.25, 0.3) is 5.56 Å². The van der Waals surface area contributed by atoms with Crippen LogP contribution in [0.4, 0.5) is 0 Å². The molecule has 0 aliphatic carbocycles. The van der Waals surface area contributed by atoms with Crippen molar-refractivity contribution in [1.82, 2.24) is 19.1 Å². The summed E-state index contributed by atoms with van der Waals surface area (Å²) >= 11 is 11.1. The number of H-pyrrole nitrogens is 1. The first-order chi connectivity index (χ1) is 13.8. The van der Waals surface area contributed by atoms with Gasteiger partial charge >= 0.3 is 0 Å². The second kappa shape index (κ2) is 7.42. The SMILES string of the molecule is Cn1c(Cc2ccc(C(=O)c3ccc(Cl)cc3)cc2)nc2[nH]c(=S)n(C)c2c1=O. The van der Waals surface area contributed by atoms with Crippen LogP contribution in [0.3, 0.4) is 0 Å². The fraction of sp³-hybridized carbons (Fsp3) is 0.143. The molecule has 2 aromatic carbocycles. The molecular formula is C21H17ClN4O2S. The number of hydrogen-bond acceptors (Lipinski definition) is 4. The summed E-state index contributed by atoms with van der Waals surface area (Å²) in [4.78, 5) is 32.8. The average molecular weight is 425 g/mol. The minimum absolute atomic E-state index is 0.0722. The van der Waals surface area contributed by atoms with Gasteiger partial charge in [-0.15, -0.1) is 0 Å². The number of imidazole rings is 1. The Morgan fingerprint density at radius 1 is 1.03 bits per heavy atom. The second-order valence-corrected chi connectivity index (χ2v) is 7.61. The Balaban J connectivity index is 1.63. The van der Waals surface area contributed by atoms with Gasteiger partial charge in [-0.1, -0.05) is 35.9 Å². The number of aromatic nitrogens is 4. The smallest absolute Gasteiger partial charge is 0.279 e. The molecule has 2 heterocycles. The van der Waals surface area contributed by atoms with E-state index in [-0.39, 0.29) is 11.3 Å². The third kappa shape index (κ3) is 3.54. The van der Waals surface area contributed by atoms with Crippen LogP contribution in [0.5, 0.6) is 0 Å². The van der Waals surface area contributed by atoms with Crippen molar-refractivity contribution in [2.75, 3.05) is 0 Å². The van der Waals surface area contributed by atoms with Gasteiger partial charge in [0, 0.05) is 36.7 Å².